The molecule has 2 aliphatic heterocycles. The summed E-state index contributed by atoms with van der Waals surface area (Å²) in [4.78, 5) is 0. The molecule has 3 heteroatoms. The Bertz CT molecular complexity index is 342. The number of benzene rings is 1. The van der Waals surface area contributed by atoms with Gasteiger partial charge < -0.3 is 14.2 Å². The SMILES string of the molecule is c1ccc2c(c1)CCC1(OCCO1)O2. The number of aryl methyl sites for hydroxylation is 1. The van der Waals surface area contributed by atoms with Gasteiger partial charge in [-0.15, -0.1) is 0 Å². The summed E-state index contributed by atoms with van der Waals surface area (Å²) in [6, 6.07) is 8.03. The molecule has 0 atom stereocenters. The smallest absolute Gasteiger partial charge is 0.327 e. The van der Waals surface area contributed by atoms with Crippen LogP contribution in [0.4, 0.5) is 0 Å². The molecular weight excluding hydrogens is 180 g/mol. The van der Waals surface area contributed by atoms with Crippen molar-refractivity contribution in [1.29, 1.82) is 0 Å². The predicted octanol–water partition coefficient (Wildman–Crippen LogP) is 1.71. The maximum absolute atomic E-state index is 5.74. The first kappa shape index (κ1) is 8.26. The van der Waals surface area contributed by atoms with Gasteiger partial charge in [-0.25, -0.2) is 0 Å². The Kier molecular flexibility index (Phi) is 1.75. The van der Waals surface area contributed by atoms with Gasteiger partial charge in [-0.2, -0.15) is 0 Å². The van der Waals surface area contributed by atoms with Crippen molar-refractivity contribution in [1.82, 2.24) is 0 Å². The lowest BCUT2D eigenvalue weighted by Crippen LogP contribution is -2.40. The molecule has 0 unspecified atom stereocenters. The summed E-state index contributed by atoms with van der Waals surface area (Å²) in [5.41, 5.74) is 1.23. The number of hydrogen-bond acceptors (Lipinski definition) is 3. The minimum Gasteiger partial charge on any atom is -0.439 e. The molecule has 0 bridgehead atoms. The van der Waals surface area contributed by atoms with Crippen LogP contribution >= 0.6 is 0 Å². The summed E-state index contributed by atoms with van der Waals surface area (Å²) >= 11 is 0. The van der Waals surface area contributed by atoms with Crippen LogP contribution in [-0.2, 0) is 15.9 Å². The molecule has 1 aromatic carbocycles. The van der Waals surface area contributed by atoms with Crippen LogP contribution < -0.4 is 4.74 Å². The molecule has 74 valence electrons. The zero-order chi connectivity index (χ0) is 9.43. The quantitative estimate of drug-likeness (QED) is 0.626. The number of hydrogen-bond donors (Lipinski definition) is 0. The van der Waals surface area contributed by atoms with Gasteiger partial charge in [0.15, 0.2) is 0 Å². The Morgan fingerprint density at radius 2 is 1.86 bits per heavy atom. The summed E-state index contributed by atoms with van der Waals surface area (Å²) in [5, 5.41) is 0. The van der Waals surface area contributed by atoms with Gasteiger partial charge in [0.05, 0.1) is 13.2 Å². The highest BCUT2D eigenvalue weighted by Crippen LogP contribution is 2.36. The molecule has 0 radical (unpaired) electrons. The van der Waals surface area contributed by atoms with E-state index in [1.807, 2.05) is 18.2 Å². The lowest BCUT2D eigenvalue weighted by Gasteiger charge is -2.32. The first-order chi connectivity index (χ1) is 6.88. The van der Waals surface area contributed by atoms with Crippen molar-refractivity contribution in [3.05, 3.63) is 29.8 Å². The van der Waals surface area contributed by atoms with Crippen molar-refractivity contribution in [3.63, 3.8) is 0 Å². The van der Waals surface area contributed by atoms with E-state index in [1.165, 1.54) is 5.56 Å². The van der Waals surface area contributed by atoms with Crippen molar-refractivity contribution in [2.75, 3.05) is 13.2 Å². The van der Waals surface area contributed by atoms with Crippen LogP contribution in [0.5, 0.6) is 5.75 Å². The van der Waals surface area contributed by atoms with Crippen LogP contribution in [0.25, 0.3) is 0 Å². The summed E-state index contributed by atoms with van der Waals surface area (Å²) in [7, 11) is 0. The first-order valence-electron chi connectivity index (χ1n) is 4.93. The van der Waals surface area contributed by atoms with E-state index in [0.29, 0.717) is 13.2 Å². The normalized spacial score (nSPS) is 23.1. The van der Waals surface area contributed by atoms with Gasteiger partial charge in [-0.3, -0.25) is 0 Å². The first-order valence-corrected chi connectivity index (χ1v) is 4.93. The van der Waals surface area contributed by atoms with E-state index < -0.39 is 5.97 Å². The molecule has 1 saturated heterocycles. The highest BCUT2D eigenvalue weighted by atomic mass is 16.9. The highest BCUT2D eigenvalue weighted by molar-refractivity contribution is 5.35. The van der Waals surface area contributed by atoms with Crippen LogP contribution in [0.2, 0.25) is 0 Å². The second-order valence-corrected chi connectivity index (χ2v) is 3.59. The Labute approximate surface area is 82.6 Å². The van der Waals surface area contributed by atoms with Gasteiger partial charge in [0, 0.05) is 6.42 Å². The summed E-state index contributed by atoms with van der Waals surface area (Å²) in [5.74, 6) is 0.106. The number of fused-ring (bicyclic) bond motifs is 1. The highest BCUT2D eigenvalue weighted by Gasteiger charge is 2.42. The topological polar surface area (TPSA) is 27.7 Å². The van der Waals surface area contributed by atoms with Crippen molar-refractivity contribution < 1.29 is 14.2 Å². The molecule has 14 heavy (non-hydrogen) atoms. The summed E-state index contributed by atoms with van der Waals surface area (Å²) < 4.78 is 16.7. The van der Waals surface area contributed by atoms with E-state index in [4.69, 9.17) is 14.2 Å². The molecular formula is C11H12O3. The fourth-order valence-electron chi connectivity index (χ4n) is 1.96. The lowest BCUT2D eigenvalue weighted by atomic mass is 10.1. The molecule has 2 aliphatic rings. The molecule has 1 spiro atoms. The Morgan fingerprint density at radius 3 is 2.71 bits per heavy atom. The van der Waals surface area contributed by atoms with Crippen molar-refractivity contribution in [3.8, 4) is 5.75 Å². The van der Waals surface area contributed by atoms with Gasteiger partial charge in [-0.1, -0.05) is 18.2 Å². The van der Waals surface area contributed by atoms with Gasteiger partial charge in [0.1, 0.15) is 5.75 Å². The maximum Gasteiger partial charge on any atom is 0.327 e. The van der Waals surface area contributed by atoms with Gasteiger partial charge in [0.25, 0.3) is 0 Å². The van der Waals surface area contributed by atoms with E-state index in [9.17, 15) is 0 Å². The molecule has 0 aromatic heterocycles. The molecule has 1 aromatic rings. The minimum absolute atomic E-state index is 0.627. The second-order valence-electron chi connectivity index (χ2n) is 3.59. The van der Waals surface area contributed by atoms with Crippen LogP contribution in [0.1, 0.15) is 12.0 Å². The van der Waals surface area contributed by atoms with E-state index in [0.717, 1.165) is 18.6 Å². The zero-order valence-corrected chi connectivity index (χ0v) is 7.86. The molecule has 1 fully saturated rings. The van der Waals surface area contributed by atoms with Gasteiger partial charge >= 0.3 is 5.97 Å². The minimum atomic E-state index is -0.783. The monoisotopic (exact) mass is 192 g/mol. The van der Waals surface area contributed by atoms with Crippen molar-refractivity contribution in [2.24, 2.45) is 0 Å². The molecule has 3 nitrogen and oxygen atoms in total. The number of rotatable bonds is 0. The average Bonchev–Trinajstić information content (AvgIpc) is 2.66. The van der Waals surface area contributed by atoms with Crippen LogP contribution in [0, 0.1) is 0 Å². The largest absolute Gasteiger partial charge is 0.439 e. The zero-order valence-electron chi connectivity index (χ0n) is 7.86. The molecule has 2 heterocycles. The summed E-state index contributed by atoms with van der Waals surface area (Å²) in [6.07, 6.45) is 1.74. The third-order valence-corrected chi connectivity index (χ3v) is 2.67. The fraction of sp³-hybridized carbons (Fsp3) is 0.455. The standard InChI is InChI=1S/C11H12O3/c1-2-4-10-9(3-1)5-6-11(14-10)12-7-8-13-11/h1-4H,5-8H2. The molecule has 3 rings (SSSR count). The van der Waals surface area contributed by atoms with E-state index >= 15 is 0 Å². The molecule has 0 saturated carbocycles. The van der Waals surface area contributed by atoms with E-state index in [1.54, 1.807) is 0 Å². The molecule has 0 aliphatic carbocycles. The van der Waals surface area contributed by atoms with Crippen molar-refractivity contribution in [2.45, 2.75) is 18.8 Å². The molecule has 0 N–H and O–H groups in total. The van der Waals surface area contributed by atoms with Crippen LogP contribution in [0.15, 0.2) is 24.3 Å². The number of para-hydroxylation sites is 1. The Hall–Kier alpha value is -1.06. The Balaban J connectivity index is 1.92. The van der Waals surface area contributed by atoms with Crippen LogP contribution in [-0.4, -0.2) is 19.2 Å². The third kappa shape index (κ3) is 1.21. The third-order valence-electron chi connectivity index (χ3n) is 2.67. The van der Waals surface area contributed by atoms with Gasteiger partial charge in [0.2, 0.25) is 0 Å². The van der Waals surface area contributed by atoms with Crippen LogP contribution in [0.3, 0.4) is 0 Å². The Morgan fingerprint density at radius 1 is 1.07 bits per heavy atom. The number of ether oxygens (including phenoxy) is 3. The fourth-order valence-corrected chi connectivity index (χ4v) is 1.96. The maximum atomic E-state index is 5.74. The average molecular weight is 192 g/mol. The predicted molar refractivity (Wildman–Crippen MR) is 50.0 cm³/mol. The van der Waals surface area contributed by atoms with E-state index in [-0.39, 0.29) is 0 Å². The van der Waals surface area contributed by atoms with E-state index in [2.05, 4.69) is 6.07 Å². The second kappa shape index (κ2) is 2.97. The lowest BCUT2D eigenvalue weighted by molar-refractivity contribution is -0.293. The van der Waals surface area contributed by atoms with Crippen molar-refractivity contribution >= 4 is 0 Å². The summed E-state index contributed by atoms with van der Waals surface area (Å²) in [6.45, 7) is 1.25. The van der Waals surface area contributed by atoms with Gasteiger partial charge in [-0.05, 0) is 18.1 Å². The molecule has 0 amide bonds.